The molecule has 1 aromatic rings. The fourth-order valence-electron chi connectivity index (χ4n) is 3.11. The number of aliphatic imine (C=N–C) groups is 1. The molecule has 27 heavy (non-hydrogen) atoms. The van der Waals surface area contributed by atoms with Gasteiger partial charge in [0, 0.05) is 31.1 Å². The van der Waals surface area contributed by atoms with Gasteiger partial charge in [-0.1, -0.05) is 0 Å². The second-order valence-corrected chi connectivity index (χ2v) is 6.59. The molecule has 0 spiro atoms. The Hall–Kier alpha value is -2.60. The van der Waals surface area contributed by atoms with Crippen molar-refractivity contribution in [1.29, 1.82) is 5.26 Å². The fourth-order valence-corrected chi connectivity index (χ4v) is 3.11. The lowest BCUT2D eigenvalue weighted by Gasteiger charge is -2.33. The third-order valence-electron chi connectivity index (χ3n) is 4.78. The number of halogens is 3. The van der Waals surface area contributed by atoms with Gasteiger partial charge in [-0.15, -0.1) is 0 Å². The van der Waals surface area contributed by atoms with Gasteiger partial charge in [-0.3, -0.25) is 4.99 Å². The summed E-state index contributed by atoms with van der Waals surface area (Å²) >= 11 is 0. The van der Waals surface area contributed by atoms with E-state index in [2.05, 4.69) is 15.3 Å². The first-order valence-electron chi connectivity index (χ1n) is 8.87. The predicted octanol–water partition coefficient (Wildman–Crippen LogP) is 2.30. The van der Waals surface area contributed by atoms with Gasteiger partial charge in [0.15, 0.2) is 0 Å². The van der Waals surface area contributed by atoms with E-state index in [4.69, 9.17) is 5.73 Å². The molecule has 2 saturated heterocycles. The maximum Gasteiger partial charge on any atom is 0.417 e. The van der Waals surface area contributed by atoms with Crippen LogP contribution in [0.25, 0.3) is 5.57 Å². The van der Waals surface area contributed by atoms with E-state index in [1.807, 2.05) is 0 Å². The van der Waals surface area contributed by atoms with Gasteiger partial charge < -0.3 is 16.0 Å². The summed E-state index contributed by atoms with van der Waals surface area (Å²) < 4.78 is 40.6. The van der Waals surface area contributed by atoms with E-state index in [9.17, 15) is 18.4 Å². The molecular formula is C18H21F3N6. The van der Waals surface area contributed by atoms with Crippen LogP contribution in [0.4, 0.5) is 19.0 Å². The Bertz CT molecular complexity index is 784. The summed E-state index contributed by atoms with van der Waals surface area (Å²) in [5.41, 5.74) is 4.60. The zero-order valence-electron chi connectivity index (χ0n) is 14.8. The molecule has 0 bridgehead atoms. The quantitative estimate of drug-likeness (QED) is 0.785. The van der Waals surface area contributed by atoms with Gasteiger partial charge in [0.05, 0.1) is 17.3 Å². The highest BCUT2D eigenvalue weighted by molar-refractivity contribution is 6.09. The molecule has 0 unspecified atom stereocenters. The van der Waals surface area contributed by atoms with Crippen LogP contribution < -0.4 is 16.0 Å². The number of nitrogens with two attached hydrogens (primary N) is 1. The number of nitriles is 1. The van der Waals surface area contributed by atoms with Gasteiger partial charge in [0.2, 0.25) is 0 Å². The Labute approximate surface area is 155 Å². The highest BCUT2D eigenvalue weighted by atomic mass is 19.4. The molecule has 0 saturated carbocycles. The molecule has 2 aliphatic heterocycles. The number of hydrogen-bond donors (Lipinski definition) is 2. The standard InChI is InChI=1S/C18H21F3N6/c19-18(20,21)15-8-16(26-17(14(15)10-23)27-6-1-7-27)12(9-22)11-25-13-2-4-24-5-3-13/h8-9,11,13,24H,1-7,22H2. The largest absolute Gasteiger partial charge is 0.417 e. The van der Waals surface area contributed by atoms with Crippen LogP contribution in [0, 0.1) is 11.3 Å². The number of aromatic nitrogens is 1. The van der Waals surface area contributed by atoms with E-state index in [0.717, 1.165) is 38.4 Å². The van der Waals surface area contributed by atoms with Gasteiger partial charge in [-0.2, -0.15) is 18.4 Å². The predicted molar refractivity (Wildman–Crippen MR) is 97.3 cm³/mol. The number of piperidine rings is 1. The lowest BCUT2D eigenvalue weighted by molar-refractivity contribution is -0.137. The lowest BCUT2D eigenvalue weighted by Crippen LogP contribution is -2.38. The number of hydrogen-bond acceptors (Lipinski definition) is 6. The fraction of sp³-hybridized carbons (Fsp3) is 0.500. The third-order valence-corrected chi connectivity index (χ3v) is 4.78. The molecule has 0 atom stereocenters. The van der Waals surface area contributed by atoms with Gasteiger partial charge in [-0.05, 0) is 38.4 Å². The number of allylic oxidation sites excluding steroid dienone is 1. The Balaban J connectivity index is 2.00. The monoisotopic (exact) mass is 378 g/mol. The van der Waals surface area contributed by atoms with Gasteiger partial charge in [0.1, 0.15) is 17.5 Å². The molecule has 2 aliphatic rings. The van der Waals surface area contributed by atoms with Crippen LogP contribution in [0.3, 0.4) is 0 Å². The summed E-state index contributed by atoms with van der Waals surface area (Å²) in [5, 5.41) is 12.5. The first-order chi connectivity index (χ1) is 12.9. The molecule has 9 heteroatoms. The summed E-state index contributed by atoms with van der Waals surface area (Å²) in [6.45, 7) is 2.87. The molecule has 0 amide bonds. The molecule has 0 aromatic carbocycles. The molecule has 1 aromatic heterocycles. The molecule has 144 valence electrons. The second-order valence-electron chi connectivity index (χ2n) is 6.59. The maximum absolute atomic E-state index is 13.5. The van der Waals surface area contributed by atoms with Crippen LogP contribution in [-0.2, 0) is 6.18 Å². The lowest BCUT2D eigenvalue weighted by atomic mass is 10.0. The summed E-state index contributed by atoms with van der Waals surface area (Å²) in [6.07, 6.45) is 0.622. The molecule has 3 heterocycles. The van der Waals surface area contributed by atoms with Crippen molar-refractivity contribution in [3.05, 3.63) is 29.1 Å². The molecule has 0 radical (unpaired) electrons. The van der Waals surface area contributed by atoms with E-state index >= 15 is 0 Å². The number of anilines is 1. The van der Waals surface area contributed by atoms with Crippen molar-refractivity contribution in [3.63, 3.8) is 0 Å². The van der Waals surface area contributed by atoms with Crippen molar-refractivity contribution in [2.75, 3.05) is 31.1 Å². The highest BCUT2D eigenvalue weighted by Gasteiger charge is 2.37. The Morgan fingerprint density at radius 3 is 2.59 bits per heavy atom. The van der Waals surface area contributed by atoms with E-state index in [1.165, 1.54) is 12.4 Å². The van der Waals surface area contributed by atoms with Crippen LogP contribution >= 0.6 is 0 Å². The Morgan fingerprint density at radius 1 is 1.37 bits per heavy atom. The van der Waals surface area contributed by atoms with Crippen LogP contribution in [0.1, 0.15) is 36.1 Å². The first-order valence-corrected chi connectivity index (χ1v) is 8.87. The highest BCUT2D eigenvalue weighted by Crippen LogP contribution is 2.37. The number of alkyl halides is 3. The SMILES string of the molecule is N#Cc1c(C(F)(F)F)cc(C(C=NC2CCNCC2)=CN)nc1N1CCC1. The Kier molecular flexibility index (Phi) is 5.65. The molecule has 2 fully saturated rings. The average Bonchev–Trinajstić information content (AvgIpc) is 2.60. The minimum Gasteiger partial charge on any atom is -0.404 e. The number of nitrogens with zero attached hydrogens (tertiary/aromatic N) is 4. The van der Waals surface area contributed by atoms with E-state index < -0.39 is 17.3 Å². The summed E-state index contributed by atoms with van der Waals surface area (Å²) in [5.74, 6) is 0.0585. The first kappa shape index (κ1) is 19.2. The third kappa shape index (κ3) is 4.22. The zero-order chi connectivity index (χ0) is 19.4. The van der Waals surface area contributed by atoms with Crippen molar-refractivity contribution in [2.45, 2.75) is 31.5 Å². The van der Waals surface area contributed by atoms with Crippen molar-refractivity contribution < 1.29 is 13.2 Å². The van der Waals surface area contributed by atoms with E-state index in [1.54, 1.807) is 11.0 Å². The number of rotatable bonds is 4. The van der Waals surface area contributed by atoms with E-state index in [0.29, 0.717) is 18.7 Å². The minimum atomic E-state index is -4.66. The minimum absolute atomic E-state index is 0.0585. The van der Waals surface area contributed by atoms with Crippen LogP contribution in [-0.4, -0.2) is 43.4 Å². The van der Waals surface area contributed by atoms with Crippen molar-refractivity contribution in [3.8, 4) is 6.07 Å². The molecule has 6 nitrogen and oxygen atoms in total. The summed E-state index contributed by atoms with van der Waals surface area (Å²) in [4.78, 5) is 10.5. The van der Waals surface area contributed by atoms with Crippen molar-refractivity contribution >= 4 is 17.6 Å². The molecule has 3 rings (SSSR count). The van der Waals surface area contributed by atoms with Crippen molar-refractivity contribution in [1.82, 2.24) is 10.3 Å². The topological polar surface area (TPSA) is 90.3 Å². The van der Waals surface area contributed by atoms with E-state index in [-0.39, 0.29) is 17.6 Å². The Morgan fingerprint density at radius 2 is 2.07 bits per heavy atom. The zero-order valence-corrected chi connectivity index (χ0v) is 14.8. The summed E-state index contributed by atoms with van der Waals surface area (Å²) in [6, 6.07) is 2.66. The smallest absolute Gasteiger partial charge is 0.404 e. The summed E-state index contributed by atoms with van der Waals surface area (Å²) in [7, 11) is 0. The van der Waals surface area contributed by atoms with Gasteiger partial charge in [0.25, 0.3) is 0 Å². The van der Waals surface area contributed by atoms with Crippen LogP contribution in [0.5, 0.6) is 0 Å². The molecular weight excluding hydrogens is 357 g/mol. The number of pyridine rings is 1. The molecule has 0 aliphatic carbocycles. The normalized spacial score (nSPS) is 19.2. The maximum atomic E-state index is 13.5. The second kappa shape index (κ2) is 7.96. The average molecular weight is 378 g/mol. The van der Waals surface area contributed by atoms with Crippen molar-refractivity contribution in [2.24, 2.45) is 10.7 Å². The molecule has 3 N–H and O–H groups in total. The van der Waals surface area contributed by atoms with Gasteiger partial charge >= 0.3 is 6.18 Å². The van der Waals surface area contributed by atoms with Gasteiger partial charge in [-0.25, -0.2) is 4.98 Å². The van der Waals surface area contributed by atoms with Crippen LogP contribution in [0.2, 0.25) is 0 Å². The van der Waals surface area contributed by atoms with Crippen LogP contribution in [0.15, 0.2) is 17.3 Å². The number of nitrogens with one attached hydrogen (secondary N) is 1.